The average molecular weight is 385 g/mol. The van der Waals surface area contributed by atoms with E-state index in [0.717, 1.165) is 5.56 Å². The molecule has 0 radical (unpaired) electrons. The van der Waals surface area contributed by atoms with Gasteiger partial charge in [0.25, 0.3) is 5.91 Å². The summed E-state index contributed by atoms with van der Waals surface area (Å²) in [5, 5.41) is 6.73. The third-order valence-electron chi connectivity index (χ3n) is 4.58. The van der Waals surface area contributed by atoms with Crippen LogP contribution < -0.4 is 22.0 Å². The van der Waals surface area contributed by atoms with Gasteiger partial charge in [-0.3, -0.25) is 4.79 Å². The lowest BCUT2D eigenvalue weighted by molar-refractivity contribution is 0.0951. The van der Waals surface area contributed by atoms with Crippen LogP contribution in [-0.2, 0) is 6.54 Å². The van der Waals surface area contributed by atoms with E-state index in [4.69, 9.17) is 10.2 Å². The molecule has 4 aromatic rings. The van der Waals surface area contributed by atoms with E-state index in [1.807, 2.05) is 36.4 Å². The number of carbonyl (C=O) groups is 1. The fourth-order valence-corrected chi connectivity index (χ4v) is 3.10. The summed E-state index contributed by atoms with van der Waals surface area (Å²) in [7, 11) is 0. The molecule has 0 saturated heterocycles. The molecular weight excluding hydrogens is 366 g/mol. The third kappa shape index (κ3) is 3.82. The first-order valence-corrected chi connectivity index (χ1v) is 9.13. The highest BCUT2D eigenvalue weighted by Crippen LogP contribution is 2.31. The Hall–Kier alpha value is -4.06. The minimum absolute atomic E-state index is 0.0387. The molecule has 144 valence electrons. The second kappa shape index (κ2) is 7.90. The van der Waals surface area contributed by atoms with Gasteiger partial charge in [0.15, 0.2) is 0 Å². The summed E-state index contributed by atoms with van der Waals surface area (Å²) in [6, 6.07) is 23.8. The number of hydrogen-bond donors (Lipinski definition) is 3. The van der Waals surface area contributed by atoms with Gasteiger partial charge < -0.3 is 20.8 Å². The Balaban J connectivity index is 1.66. The summed E-state index contributed by atoms with van der Waals surface area (Å²) in [5.74, 6) is -0.234. The molecule has 1 amide bonds. The van der Waals surface area contributed by atoms with Crippen LogP contribution in [0.15, 0.2) is 88.1 Å². The van der Waals surface area contributed by atoms with Gasteiger partial charge in [-0.2, -0.15) is 0 Å². The maximum Gasteiger partial charge on any atom is 0.361 e. The second-order valence-corrected chi connectivity index (χ2v) is 6.51. The number of amides is 1. The van der Waals surface area contributed by atoms with Crippen LogP contribution in [0, 0.1) is 0 Å². The zero-order valence-corrected chi connectivity index (χ0v) is 15.5. The van der Waals surface area contributed by atoms with Crippen LogP contribution in [0.3, 0.4) is 0 Å². The summed E-state index contributed by atoms with van der Waals surface area (Å²) in [4.78, 5) is 24.9. The summed E-state index contributed by atoms with van der Waals surface area (Å²) >= 11 is 0. The fourth-order valence-electron chi connectivity index (χ4n) is 3.10. The minimum Gasteiger partial charge on any atom is -0.421 e. The molecule has 0 fully saturated rings. The Morgan fingerprint density at radius 2 is 1.59 bits per heavy atom. The molecule has 6 nitrogen and oxygen atoms in total. The summed E-state index contributed by atoms with van der Waals surface area (Å²) in [5.41, 5.74) is 8.14. The molecule has 6 heteroatoms. The molecule has 0 aliphatic rings. The molecule has 1 heterocycles. The standard InChI is InChI=1S/C23H19N3O3/c24-20-21(17-11-5-7-13-19(17)29-23(20)28)26-18-12-6-4-10-16(18)22(27)25-14-15-8-2-1-3-9-15/h1-13,26H,14,24H2,(H,25,27). The maximum atomic E-state index is 12.8. The predicted molar refractivity (Wildman–Crippen MR) is 114 cm³/mol. The van der Waals surface area contributed by atoms with E-state index >= 15 is 0 Å². The van der Waals surface area contributed by atoms with Gasteiger partial charge in [0.1, 0.15) is 11.3 Å². The SMILES string of the molecule is Nc1c(Nc2ccccc2C(=O)NCc2ccccc2)c2ccccc2oc1=O. The molecule has 0 spiro atoms. The first kappa shape index (κ1) is 18.3. The van der Waals surface area contributed by atoms with E-state index in [9.17, 15) is 9.59 Å². The van der Waals surface area contributed by atoms with Crippen LogP contribution in [0.25, 0.3) is 11.0 Å². The van der Waals surface area contributed by atoms with Crippen LogP contribution >= 0.6 is 0 Å². The number of nitrogens with one attached hydrogen (secondary N) is 2. The zero-order chi connectivity index (χ0) is 20.2. The largest absolute Gasteiger partial charge is 0.421 e. The van der Waals surface area contributed by atoms with Crippen molar-refractivity contribution in [2.45, 2.75) is 6.54 Å². The lowest BCUT2D eigenvalue weighted by atomic mass is 10.1. The lowest BCUT2D eigenvalue weighted by Crippen LogP contribution is -2.23. The number of para-hydroxylation sites is 2. The van der Waals surface area contributed by atoms with Gasteiger partial charge in [-0.25, -0.2) is 4.79 Å². The number of nitrogen functional groups attached to an aromatic ring is 1. The van der Waals surface area contributed by atoms with Crippen molar-refractivity contribution in [1.29, 1.82) is 0 Å². The molecule has 0 aliphatic carbocycles. The van der Waals surface area contributed by atoms with Gasteiger partial charge in [-0.1, -0.05) is 54.6 Å². The van der Waals surface area contributed by atoms with E-state index in [1.54, 1.807) is 42.5 Å². The normalized spacial score (nSPS) is 10.6. The Morgan fingerprint density at radius 3 is 2.41 bits per heavy atom. The zero-order valence-electron chi connectivity index (χ0n) is 15.5. The number of anilines is 3. The van der Waals surface area contributed by atoms with Crippen LogP contribution in [0.5, 0.6) is 0 Å². The van der Waals surface area contributed by atoms with Gasteiger partial charge in [-0.05, 0) is 29.8 Å². The third-order valence-corrected chi connectivity index (χ3v) is 4.58. The first-order valence-electron chi connectivity index (χ1n) is 9.13. The topological polar surface area (TPSA) is 97.4 Å². The molecule has 0 atom stereocenters. The van der Waals surface area contributed by atoms with Crippen molar-refractivity contribution in [3.63, 3.8) is 0 Å². The van der Waals surface area contributed by atoms with Crippen molar-refractivity contribution < 1.29 is 9.21 Å². The van der Waals surface area contributed by atoms with Crippen molar-refractivity contribution in [3.8, 4) is 0 Å². The Bertz CT molecular complexity index is 1230. The number of nitrogens with two attached hydrogens (primary N) is 1. The number of carbonyl (C=O) groups excluding carboxylic acids is 1. The molecule has 0 aliphatic heterocycles. The number of rotatable bonds is 5. The van der Waals surface area contributed by atoms with Gasteiger partial charge in [0, 0.05) is 11.9 Å². The van der Waals surface area contributed by atoms with Crippen LogP contribution in [-0.4, -0.2) is 5.91 Å². The summed E-state index contributed by atoms with van der Waals surface area (Å²) < 4.78 is 5.24. The average Bonchev–Trinajstić information content (AvgIpc) is 2.76. The van der Waals surface area contributed by atoms with Crippen molar-refractivity contribution in [1.82, 2.24) is 5.32 Å². The summed E-state index contributed by atoms with van der Waals surface area (Å²) in [6.07, 6.45) is 0. The van der Waals surface area contributed by atoms with Crippen LogP contribution in [0.4, 0.5) is 17.1 Å². The molecule has 1 aromatic heterocycles. The molecule has 0 bridgehead atoms. The maximum absolute atomic E-state index is 12.8. The van der Waals surface area contributed by atoms with E-state index in [-0.39, 0.29) is 11.6 Å². The van der Waals surface area contributed by atoms with Crippen molar-refractivity contribution in [3.05, 3.63) is 100 Å². The van der Waals surface area contributed by atoms with Gasteiger partial charge in [-0.15, -0.1) is 0 Å². The Kier molecular flexibility index (Phi) is 4.99. The van der Waals surface area contributed by atoms with Gasteiger partial charge in [0.05, 0.1) is 16.9 Å². The van der Waals surface area contributed by atoms with Crippen LogP contribution in [0.2, 0.25) is 0 Å². The van der Waals surface area contributed by atoms with Crippen molar-refractivity contribution in [2.75, 3.05) is 11.1 Å². The fraction of sp³-hybridized carbons (Fsp3) is 0.0435. The highest BCUT2D eigenvalue weighted by Gasteiger charge is 2.16. The van der Waals surface area contributed by atoms with E-state index in [0.29, 0.717) is 34.5 Å². The molecule has 0 saturated carbocycles. The molecule has 4 rings (SSSR count). The van der Waals surface area contributed by atoms with Gasteiger partial charge >= 0.3 is 5.63 Å². The quantitative estimate of drug-likeness (QED) is 0.450. The molecule has 3 aromatic carbocycles. The minimum atomic E-state index is -0.628. The van der Waals surface area contributed by atoms with Crippen molar-refractivity contribution in [2.24, 2.45) is 0 Å². The smallest absolute Gasteiger partial charge is 0.361 e. The lowest BCUT2D eigenvalue weighted by Gasteiger charge is -2.15. The highest BCUT2D eigenvalue weighted by molar-refractivity contribution is 6.03. The number of benzene rings is 3. The first-order chi connectivity index (χ1) is 14.1. The van der Waals surface area contributed by atoms with E-state index in [2.05, 4.69) is 10.6 Å². The van der Waals surface area contributed by atoms with E-state index in [1.165, 1.54) is 0 Å². The number of hydrogen-bond acceptors (Lipinski definition) is 5. The monoisotopic (exact) mass is 385 g/mol. The second-order valence-electron chi connectivity index (χ2n) is 6.51. The summed E-state index contributed by atoms with van der Waals surface area (Å²) in [6.45, 7) is 0.411. The van der Waals surface area contributed by atoms with Gasteiger partial charge in [0.2, 0.25) is 0 Å². The number of fused-ring (bicyclic) bond motifs is 1. The molecular formula is C23H19N3O3. The van der Waals surface area contributed by atoms with Crippen LogP contribution in [0.1, 0.15) is 15.9 Å². The molecule has 29 heavy (non-hydrogen) atoms. The Labute approximate surface area is 167 Å². The highest BCUT2D eigenvalue weighted by atomic mass is 16.4. The predicted octanol–water partition coefficient (Wildman–Crippen LogP) is 4.05. The van der Waals surface area contributed by atoms with E-state index < -0.39 is 5.63 Å². The molecule has 4 N–H and O–H groups in total. The Morgan fingerprint density at radius 1 is 0.897 bits per heavy atom. The van der Waals surface area contributed by atoms with Crippen molar-refractivity contribution >= 4 is 33.9 Å². The molecule has 0 unspecified atom stereocenters.